The summed E-state index contributed by atoms with van der Waals surface area (Å²) in [4.78, 5) is 14.5. The molecule has 0 spiro atoms. The molecule has 0 saturated carbocycles. The smallest absolute Gasteiger partial charge is 0.360 e. The van der Waals surface area contributed by atoms with Gasteiger partial charge in [0.25, 0.3) is 6.43 Å². The minimum absolute atomic E-state index is 0.00735. The highest BCUT2D eigenvalue weighted by Gasteiger charge is 2.25. The largest absolute Gasteiger partial charge is 0.461 e. The molecule has 3 nitrogen and oxygen atoms in total. The van der Waals surface area contributed by atoms with Crippen LogP contribution in [-0.2, 0) is 4.74 Å². The van der Waals surface area contributed by atoms with Crippen LogP contribution < -0.4 is 0 Å². The van der Waals surface area contributed by atoms with Crippen molar-refractivity contribution in [2.75, 3.05) is 6.61 Å². The molecule has 0 aliphatic rings. The van der Waals surface area contributed by atoms with Gasteiger partial charge in [0.2, 0.25) is 0 Å². The second kappa shape index (κ2) is 5.16. The van der Waals surface area contributed by atoms with Crippen LogP contribution in [0.5, 0.6) is 0 Å². The maximum absolute atomic E-state index is 13.4. The van der Waals surface area contributed by atoms with E-state index in [1.54, 1.807) is 0 Å². The molecule has 1 heterocycles. The molecule has 0 amide bonds. The fourth-order valence-corrected chi connectivity index (χ4v) is 1.24. The van der Waals surface area contributed by atoms with Crippen molar-refractivity contribution in [1.29, 1.82) is 0 Å². The molecule has 0 N–H and O–H groups in total. The minimum atomic E-state index is -3.12. The van der Waals surface area contributed by atoms with Gasteiger partial charge < -0.3 is 4.74 Å². The predicted molar refractivity (Wildman–Crippen MR) is 50.1 cm³/mol. The van der Waals surface area contributed by atoms with Crippen molar-refractivity contribution >= 4 is 17.6 Å². The Bertz CT molecular complexity index is 412. The average molecular weight is 254 g/mol. The number of nitrogens with zero attached hydrogens (tertiary/aromatic N) is 1. The van der Waals surface area contributed by atoms with Crippen molar-refractivity contribution < 1.29 is 22.7 Å². The summed E-state index contributed by atoms with van der Waals surface area (Å²) in [6.45, 7) is 1.49. The van der Waals surface area contributed by atoms with E-state index >= 15 is 0 Å². The number of carbonyl (C=O) groups is 1. The summed E-state index contributed by atoms with van der Waals surface area (Å²) in [5, 5.41) is -0.527. The number of carbonyl (C=O) groups excluding carboxylic acids is 1. The van der Waals surface area contributed by atoms with Gasteiger partial charge in [-0.25, -0.2) is 22.9 Å². The average Bonchev–Trinajstić information content (AvgIpc) is 2.17. The summed E-state index contributed by atoms with van der Waals surface area (Å²) in [7, 11) is 0. The Morgan fingerprint density at radius 3 is 2.75 bits per heavy atom. The van der Waals surface area contributed by atoms with Crippen LogP contribution >= 0.6 is 11.6 Å². The maximum Gasteiger partial charge on any atom is 0.360 e. The van der Waals surface area contributed by atoms with Gasteiger partial charge in [-0.2, -0.15) is 0 Å². The summed E-state index contributed by atoms with van der Waals surface area (Å²) < 4.78 is 42.7. The lowest BCUT2D eigenvalue weighted by Crippen LogP contribution is -2.12. The lowest BCUT2D eigenvalue weighted by atomic mass is 10.2. The Labute approximate surface area is 94.2 Å². The first kappa shape index (κ1) is 12.8. The maximum atomic E-state index is 13.4. The fraction of sp³-hybridized carbons (Fsp3) is 0.333. The Hall–Kier alpha value is -1.30. The summed E-state index contributed by atoms with van der Waals surface area (Å²) in [6.07, 6.45) is -2.33. The molecule has 0 saturated heterocycles. The zero-order valence-corrected chi connectivity index (χ0v) is 8.89. The first-order valence-electron chi connectivity index (χ1n) is 4.28. The topological polar surface area (TPSA) is 39.2 Å². The number of hydrogen-bond acceptors (Lipinski definition) is 3. The number of halogens is 4. The van der Waals surface area contributed by atoms with E-state index in [0.29, 0.717) is 0 Å². The van der Waals surface area contributed by atoms with Gasteiger partial charge in [0, 0.05) is 6.20 Å². The van der Waals surface area contributed by atoms with E-state index in [2.05, 4.69) is 9.72 Å². The zero-order valence-electron chi connectivity index (χ0n) is 8.14. The van der Waals surface area contributed by atoms with Crippen LogP contribution in [0.15, 0.2) is 6.20 Å². The molecule has 0 bridgehead atoms. The van der Waals surface area contributed by atoms with Crippen LogP contribution in [0.2, 0.25) is 5.02 Å². The number of alkyl halides is 2. The van der Waals surface area contributed by atoms with E-state index < -0.39 is 34.5 Å². The zero-order chi connectivity index (χ0) is 12.3. The molecule has 0 fully saturated rings. The normalized spacial score (nSPS) is 10.6. The minimum Gasteiger partial charge on any atom is -0.461 e. The molecule has 0 atom stereocenters. The number of esters is 1. The van der Waals surface area contributed by atoms with Gasteiger partial charge in [-0.1, -0.05) is 11.6 Å². The van der Waals surface area contributed by atoms with Crippen LogP contribution in [0.25, 0.3) is 0 Å². The Balaban J connectivity index is 3.23. The molecule has 7 heteroatoms. The molecule has 0 aromatic carbocycles. The van der Waals surface area contributed by atoms with Crippen molar-refractivity contribution in [1.82, 2.24) is 4.98 Å². The van der Waals surface area contributed by atoms with Crippen molar-refractivity contribution in [2.24, 2.45) is 0 Å². The Morgan fingerprint density at radius 2 is 2.25 bits per heavy atom. The molecule has 88 valence electrons. The monoisotopic (exact) mass is 253 g/mol. The van der Waals surface area contributed by atoms with E-state index in [9.17, 15) is 18.0 Å². The van der Waals surface area contributed by atoms with Crippen LogP contribution in [-0.4, -0.2) is 17.6 Å². The third-order valence-corrected chi connectivity index (χ3v) is 2.00. The quantitative estimate of drug-likeness (QED) is 0.778. The van der Waals surface area contributed by atoms with Crippen LogP contribution in [0.1, 0.15) is 29.4 Å². The van der Waals surface area contributed by atoms with Crippen molar-refractivity contribution in [3.63, 3.8) is 0 Å². The third kappa shape index (κ3) is 2.44. The summed E-state index contributed by atoms with van der Waals surface area (Å²) in [6, 6.07) is 0. The lowest BCUT2D eigenvalue weighted by Gasteiger charge is -2.07. The first-order chi connectivity index (χ1) is 7.49. The fourth-order valence-electron chi connectivity index (χ4n) is 1.02. The number of hydrogen-bond donors (Lipinski definition) is 0. The third-order valence-electron chi connectivity index (χ3n) is 1.70. The van der Waals surface area contributed by atoms with Gasteiger partial charge in [0.05, 0.1) is 17.2 Å². The van der Waals surface area contributed by atoms with Gasteiger partial charge >= 0.3 is 5.97 Å². The summed E-state index contributed by atoms with van der Waals surface area (Å²) >= 11 is 5.34. The Morgan fingerprint density at radius 1 is 1.62 bits per heavy atom. The Kier molecular flexibility index (Phi) is 4.12. The van der Waals surface area contributed by atoms with Crippen molar-refractivity contribution in [2.45, 2.75) is 13.3 Å². The van der Waals surface area contributed by atoms with Gasteiger partial charge in [0.15, 0.2) is 11.5 Å². The summed E-state index contributed by atoms with van der Waals surface area (Å²) in [5.74, 6) is -2.54. The van der Waals surface area contributed by atoms with E-state index in [-0.39, 0.29) is 6.61 Å². The van der Waals surface area contributed by atoms with Gasteiger partial charge in [-0.05, 0) is 6.92 Å². The first-order valence-corrected chi connectivity index (χ1v) is 4.66. The molecule has 1 rings (SSSR count). The SMILES string of the molecule is CCOC(=O)c1ncc(Cl)c(C(F)F)c1F. The molecule has 0 radical (unpaired) electrons. The van der Waals surface area contributed by atoms with E-state index in [0.717, 1.165) is 6.20 Å². The number of rotatable bonds is 3. The molecule has 1 aromatic heterocycles. The van der Waals surface area contributed by atoms with Gasteiger partial charge in [-0.15, -0.1) is 0 Å². The number of pyridine rings is 1. The van der Waals surface area contributed by atoms with Gasteiger partial charge in [-0.3, -0.25) is 0 Å². The van der Waals surface area contributed by atoms with E-state index in [4.69, 9.17) is 11.6 Å². The molecular weight excluding hydrogens is 247 g/mol. The number of ether oxygens (including phenoxy) is 1. The standard InChI is InChI=1S/C9H7ClF3NO2/c1-2-16-9(15)7-6(11)5(8(12)13)4(10)3-14-7/h3,8H,2H2,1H3. The second-order valence-corrected chi connectivity index (χ2v) is 3.11. The molecule has 0 unspecified atom stereocenters. The van der Waals surface area contributed by atoms with E-state index in [1.807, 2.05) is 0 Å². The molecule has 16 heavy (non-hydrogen) atoms. The van der Waals surface area contributed by atoms with Crippen LogP contribution in [0.4, 0.5) is 13.2 Å². The van der Waals surface area contributed by atoms with Crippen molar-refractivity contribution in [3.8, 4) is 0 Å². The summed E-state index contributed by atoms with van der Waals surface area (Å²) in [5.41, 5.74) is -1.83. The molecule has 1 aromatic rings. The van der Waals surface area contributed by atoms with Crippen molar-refractivity contribution in [3.05, 3.63) is 28.3 Å². The van der Waals surface area contributed by atoms with E-state index in [1.165, 1.54) is 6.92 Å². The highest BCUT2D eigenvalue weighted by Crippen LogP contribution is 2.30. The predicted octanol–water partition coefficient (Wildman–Crippen LogP) is 2.99. The highest BCUT2D eigenvalue weighted by atomic mass is 35.5. The van der Waals surface area contributed by atoms with Crippen LogP contribution in [0.3, 0.4) is 0 Å². The second-order valence-electron chi connectivity index (χ2n) is 2.70. The lowest BCUT2D eigenvalue weighted by molar-refractivity contribution is 0.0512. The van der Waals surface area contributed by atoms with Crippen LogP contribution in [0, 0.1) is 5.82 Å². The highest BCUT2D eigenvalue weighted by molar-refractivity contribution is 6.31. The van der Waals surface area contributed by atoms with Gasteiger partial charge in [0.1, 0.15) is 0 Å². The molecule has 0 aliphatic carbocycles. The number of aromatic nitrogens is 1. The molecular formula is C9H7ClF3NO2. The molecule has 0 aliphatic heterocycles.